The molecule has 168 valence electrons. The quantitative estimate of drug-likeness (QED) is 0.421. The summed E-state index contributed by atoms with van der Waals surface area (Å²) in [4.78, 5) is 32.0. The molecule has 4 rings (SSSR count). The van der Waals surface area contributed by atoms with Crippen LogP contribution < -0.4 is 4.74 Å². The molecule has 0 radical (unpaired) electrons. The molecule has 2 aliphatic heterocycles. The molecule has 0 saturated carbocycles. The Morgan fingerprint density at radius 2 is 2.09 bits per heavy atom. The van der Waals surface area contributed by atoms with Crippen LogP contribution in [0.4, 0.5) is 0 Å². The second-order valence-corrected chi connectivity index (χ2v) is 8.49. The van der Waals surface area contributed by atoms with Crippen LogP contribution in [0.1, 0.15) is 49.6 Å². The number of Topliss-reactive ketones (excluding diaryl/α,β-unsaturated/α-hetero) is 1. The van der Waals surface area contributed by atoms with Gasteiger partial charge in [-0.25, -0.2) is 0 Å². The molecule has 3 heterocycles. The Balaban J connectivity index is 1.77. The smallest absolute Gasteiger partial charge is 0.295 e. The number of hydrogen-bond acceptors (Lipinski definition) is 6. The van der Waals surface area contributed by atoms with Crippen LogP contribution in [0.2, 0.25) is 0 Å². The fourth-order valence-corrected chi connectivity index (χ4v) is 4.26. The Hall–Kier alpha value is -3.19. The van der Waals surface area contributed by atoms with E-state index in [4.69, 9.17) is 9.47 Å². The van der Waals surface area contributed by atoms with E-state index in [0.717, 1.165) is 18.4 Å². The van der Waals surface area contributed by atoms with Crippen molar-refractivity contribution in [2.75, 3.05) is 13.2 Å². The van der Waals surface area contributed by atoms with Crippen LogP contribution in [-0.2, 0) is 14.3 Å². The molecular formula is C25H28N2O5. The summed E-state index contributed by atoms with van der Waals surface area (Å²) in [6.07, 6.45) is 3.25. The topological polar surface area (TPSA) is 89.0 Å². The van der Waals surface area contributed by atoms with Crippen LogP contribution in [-0.4, -0.2) is 52.0 Å². The zero-order valence-corrected chi connectivity index (χ0v) is 18.6. The fourth-order valence-electron chi connectivity index (χ4n) is 4.26. The zero-order chi connectivity index (χ0) is 22.8. The molecule has 2 atom stereocenters. The lowest BCUT2D eigenvalue weighted by Crippen LogP contribution is -2.36. The summed E-state index contributed by atoms with van der Waals surface area (Å²) in [5.41, 5.74) is 1.85. The Kier molecular flexibility index (Phi) is 6.28. The minimum atomic E-state index is -0.771. The number of aryl methyl sites for hydroxylation is 1. The van der Waals surface area contributed by atoms with E-state index in [1.165, 1.54) is 4.90 Å². The monoisotopic (exact) mass is 436 g/mol. The third-order valence-corrected chi connectivity index (χ3v) is 5.74. The summed E-state index contributed by atoms with van der Waals surface area (Å²) in [6, 6.07) is 9.79. The Morgan fingerprint density at radius 3 is 2.72 bits per heavy atom. The van der Waals surface area contributed by atoms with E-state index in [1.807, 2.05) is 20.8 Å². The first-order chi connectivity index (χ1) is 15.4. The maximum atomic E-state index is 13.1. The van der Waals surface area contributed by atoms with Gasteiger partial charge in [0.05, 0.1) is 23.5 Å². The summed E-state index contributed by atoms with van der Waals surface area (Å²) >= 11 is 0. The van der Waals surface area contributed by atoms with Gasteiger partial charge in [0.1, 0.15) is 17.6 Å². The molecule has 32 heavy (non-hydrogen) atoms. The van der Waals surface area contributed by atoms with Crippen LogP contribution >= 0.6 is 0 Å². The average molecular weight is 437 g/mol. The highest BCUT2D eigenvalue weighted by molar-refractivity contribution is 6.46. The molecule has 1 aromatic heterocycles. The lowest BCUT2D eigenvalue weighted by molar-refractivity contribution is -0.140. The number of likely N-dealkylation sites (tertiary alicyclic amines) is 1. The number of benzene rings is 1. The van der Waals surface area contributed by atoms with Gasteiger partial charge in [0, 0.05) is 24.9 Å². The molecule has 7 heteroatoms. The molecule has 2 fully saturated rings. The van der Waals surface area contributed by atoms with E-state index in [2.05, 4.69) is 4.98 Å². The third kappa shape index (κ3) is 4.25. The number of pyridine rings is 1. The molecular weight excluding hydrogens is 408 g/mol. The number of aromatic nitrogens is 1. The highest BCUT2D eigenvalue weighted by atomic mass is 16.5. The Labute approximate surface area is 187 Å². The van der Waals surface area contributed by atoms with Crippen molar-refractivity contribution >= 4 is 17.4 Å². The Bertz CT molecular complexity index is 1040. The normalized spacial score (nSPS) is 22.7. The average Bonchev–Trinajstić information content (AvgIpc) is 3.37. The van der Waals surface area contributed by atoms with E-state index in [0.29, 0.717) is 23.6 Å². The number of carbonyl (C=O) groups is 2. The number of aliphatic hydroxyl groups excluding tert-OH is 1. The van der Waals surface area contributed by atoms with Gasteiger partial charge in [-0.15, -0.1) is 0 Å². The van der Waals surface area contributed by atoms with Crippen LogP contribution in [0.3, 0.4) is 0 Å². The first-order valence-electron chi connectivity index (χ1n) is 11.0. The number of ketones is 1. The van der Waals surface area contributed by atoms with Gasteiger partial charge in [0.2, 0.25) is 0 Å². The summed E-state index contributed by atoms with van der Waals surface area (Å²) < 4.78 is 11.5. The van der Waals surface area contributed by atoms with Crippen molar-refractivity contribution in [1.82, 2.24) is 9.88 Å². The SMILES string of the molecule is Cc1cc(/C(O)=C2/C(=O)C(=O)N(CC3CCCO3)C2c2ccccn2)ccc1OC(C)C. The second kappa shape index (κ2) is 9.12. The molecule has 1 N–H and O–H groups in total. The van der Waals surface area contributed by atoms with Gasteiger partial charge in [-0.1, -0.05) is 6.07 Å². The summed E-state index contributed by atoms with van der Waals surface area (Å²) in [7, 11) is 0. The van der Waals surface area contributed by atoms with Crippen LogP contribution in [0, 0.1) is 6.92 Å². The molecule has 2 saturated heterocycles. The lowest BCUT2D eigenvalue weighted by Gasteiger charge is -2.26. The molecule has 0 aliphatic carbocycles. The predicted molar refractivity (Wildman–Crippen MR) is 119 cm³/mol. The summed E-state index contributed by atoms with van der Waals surface area (Å²) in [6.45, 7) is 6.68. The van der Waals surface area contributed by atoms with Crippen molar-refractivity contribution in [2.45, 2.75) is 51.9 Å². The molecule has 7 nitrogen and oxygen atoms in total. The maximum Gasteiger partial charge on any atom is 0.295 e. The van der Waals surface area contributed by atoms with Crippen molar-refractivity contribution < 1.29 is 24.2 Å². The van der Waals surface area contributed by atoms with E-state index >= 15 is 0 Å². The van der Waals surface area contributed by atoms with Crippen molar-refractivity contribution in [2.24, 2.45) is 0 Å². The molecule has 1 aromatic carbocycles. The molecule has 0 spiro atoms. The van der Waals surface area contributed by atoms with Gasteiger partial charge >= 0.3 is 0 Å². The largest absolute Gasteiger partial charge is 0.507 e. The summed E-state index contributed by atoms with van der Waals surface area (Å²) in [5.74, 6) is -0.866. The highest BCUT2D eigenvalue weighted by Gasteiger charge is 2.47. The number of rotatable bonds is 6. The van der Waals surface area contributed by atoms with Crippen LogP contribution in [0.5, 0.6) is 5.75 Å². The molecule has 2 aliphatic rings. The van der Waals surface area contributed by atoms with Gasteiger partial charge in [0.15, 0.2) is 0 Å². The maximum absolute atomic E-state index is 13.1. The number of nitrogens with zero attached hydrogens (tertiary/aromatic N) is 2. The number of carbonyl (C=O) groups excluding carboxylic acids is 2. The van der Waals surface area contributed by atoms with Crippen molar-refractivity contribution in [3.05, 3.63) is 65.0 Å². The predicted octanol–water partition coefficient (Wildman–Crippen LogP) is 3.78. The number of amides is 1. The van der Waals surface area contributed by atoms with Crippen molar-refractivity contribution in [3.8, 4) is 5.75 Å². The molecule has 1 amide bonds. The first-order valence-corrected chi connectivity index (χ1v) is 11.0. The van der Waals surface area contributed by atoms with Gasteiger partial charge in [-0.05, 0) is 69.5 Å². The summed E-state index contributed by atoms with van der Waals surface area (Å²) in [5, 5.41) is 11.2. The number of ether oxygens (including phenoxy) is 2. The second-order valence-electron chi connectivity index (χ2n) is 8.49. The molecule has 2 aromatic rings. The molecule has 0 bridgehead atoms. The Morgan fingerprint density at radius 1 is 1.28 bits per heavy atom. The van der Waals surface area contributed by atoms with E-state index in [-0.39, 0.29) is 30.1 Å². The van der Waals surface area contributed by atoms with Gasteiger partial charge < -0.3 is 19.5 Å². The van der Waals surface area contributed by atoms with E-state index in [9.17, 15) is 14.7 Å². The highest BCUT2D eigenvalue weighted by Crippen LogP contribution is 2.39. The van der Waals surface area contributed by atoms with E-state index in [1.54, 1.807) is 42.6 Å². The lowest BCUT2D eigenvalue weighted by atomic mass is 9.97. The first kappa shape index (κ1) is 22.0. The fraction of sp³-hybridized carbons (Fsp3) is 0.400. The van der Waals surface area contributed by atoms with Crippen LogP contribution in [0.15, 0.2) is 48.2 Å². The minimum Gasteiger partial charge on any atom is -0.507 e. The zero-order valence-electron chi connectivity index (χ0n) is 18.6. The number of hydrogen-bond donors (Lipinski definition) is 1. The van der Waals surface area contributed by atoms with Crippen LogP contribution in [0.25, 0.3) is 5.76 Å². The van der Waals surface area contributed by atoms with Gasteiger partial charge in [-0.3, -0.25) is 14.6 Å². The van der Waals surface area contributed by atoms with Gasteiger partial charge in [0.25, 0.3) is 11.7 Å². The standard InChI is InChI=1S/C25H28N2O5/c1-15(2)32-20-10-9-17(13-16(20)3)23(28)21-22(19-8-4-5-11-26-19)27(25(30)24(21)29)14-18-7-6-12-31-18/h4-5,8-11,13,15,18,22,28H,6-7,12,14H2,1-3H3/b23-21-. The molecule has 2 unspecified atom stereocenters. The van der Waals surface area contributed by atoms with E-state index < -0.39 is 17.7 Å². The third-order valence-electron chi connectivity index (χ3n) is 5.74. The minimum absolute atomic E-state index is 0.0143. The van der Waals surface area contributed by atoms with Crippen molar-refractivity contribution in [1.29, 1.82) is 0 Å². The van der Waals surface area contributed by atoms with Crippen molar-refractivity contribution in [3.63, 3.8) is 0 Å². The van der Waals surface area contributed by atoms with Gasteiger partial charge in [-0.2, -0.15) is 0 Å². The number of aliphatic hydroxyl groups is 1.